The van der Waals surface area contributed by atoms with Crippen LogP contribution in [0.25, 0.3) is 0 Å². The Labute approximate surface area is 87.1 Å². The van der Waals surface area contributed by atoms with Gasteiger partial charge in [0, 0.05) is 0 Å². The maximum Gasteiger partial charge on any atom is -0.00116 e. The molecule has 0 N–H and O–H groups in total. The van der Waals surface area contributed by atoms with Gasteiger partial charge < -0.3 is 0 Å². The quantitative estimate of drug-likeness (QED) is 0.505. The van der Waals surface area contributed by atoms with E-state index in [1.54, 1.807) is 5.57 Å². The van der Waals surface area contributed by atoms with Crippen molar-refractivity contribution in [3.05, 3.63) is 23.8 Å². The van der Waals surface area contributed by atoms with Crippen LogP contribution in [0.4, 0.5) is 0 Å². The van der Waals surface area contributed by atoms with Gasteiger partial charge in [-0.25, -0.2) is 0 Å². The highest BCUT2D eigenvalue weighted by atomic mass is 14.6. The van der Waals surface area contributed by atoms with Crippen molar-refractivity contribution >= 4 is 0 Å². The molecule has 0 aliphatic heterocycles. The number of fused-ring (bicyclic) bond motifs is 3. The van der Waals surface area contributed by atoms with Crippen LogP contribution in [0.3, 0.4) is 0 Å². The molecule has 76 valence electrons. The van der Waals surface area contributed by atoms with Crippen molar-refractivity contribution in [1.82, 2.24) is 0 Å². The van der Waals surface area contributed by atoms with E-state index in [1.807, 2.05) is 0 Å². The maximum absolute atomic E-state index is 2.51. The minimum atomic E-state index is 0.619. The highest BCUT2D eigenvalue weighted by Crippen LogP contribution is 2.64. The Morgan fingerprint density at radius 3 is 2.93 bits per heavy atom. The molecule has 2 saturated carbocycles. The molecule has 2 bridgehead atoms. The first-order valence-electron chi connectivity index (χ1n) is 6.11. The summed E-state index contributed by atoms with van der Waals surface area (Å²) in [5, 5.41) is 0. The molecule has 0 aromatic heterocycles. The topological polar surface area (TPSA) is 0 Å². The molecular weight excluding hydrogens is 168 g/mol. The lowest BCUT2D eigenvalue weighted by Gasteiger charge is -2.34. The first-order valence-corrected chi connectivity index (χ1v) is 6.11. The second-order valence-electron chi connectivity index (χ2n) is 5.58. The summed E-state index contributed by atoms with van der Waals surface area (Å²) in [6.07, 6.45) is 13.2. The van der Waals surface area contributed by atoms with E-state index in [4.69, 9.17) is 0 Å². The van der Waals surface area contributed by atoms with E-state index in [0.717, 1.165) is 17.8 Å². The van der Waals surface area contributed by atoms with E-state index in [2.05, 4.69) is 32.1 Å². The maximum atomic E-state index is 2.51. The van der Waals surface area contributed by atoms with E-state index >= 15 is 0 Å². The number of allylic oxidation sites excluding steroid dienone is 4. The van der Waals surface area contributed by atoms with Crippen LogP contribution in [0, 0.1) is 23.2 Å². The lowest BCUT2D eigenvalue weighted by molar-refractivity contribution is 0.292. The van der Waals surface area contributed by atoms with E-state index in [-0.39, 0.29) is 0 Å². The summed E-state index contributed by atoms with van der Waals surface area (Å²) in [6, 6.07) is 0. The Morgan fingerprint density at radius 2 is 2.29 bits per heavy atom. The van der Waals surface area contributed by atoms with Crippen molar-refractivity contribution in [2.45, 2.75) is 39.5 Å². The van der Waals surface area contributed by atoms with E-state index in [9.17, 15) is 0 Å². The van der Waals surface area contributed by atoms with Crippen LogP contribution in [0.15, 0.2) is 23.8 Å². The first-order chi connectivity index (χ1) is 6.76. The van der Waals surface area contributed by atoms with Crippen LogP contribution < -0.4 is 0 Å². The smallest absolute Gasteiger partial charge is 0.00116 e. The molecule has 1 spiro atoms. The first kappa shape index (κ1) is 8.76. The van der Waals surface area contributed by atoms with Crippen LogP contribution in [-0.2, 0) is 0 Å². The summed E-state index contributed by atoms with van der Waals surface area (Å²) >= 11 is 0. The highest BCUT2D eigenvalue weighted by Gasteiger charge is 2.53. The molecular formula is C14H20. The van der Waals surface area contributed by atoms with Gasteiger partial charge in [-0.1, -0.05) is 30.7 Å². The SMILES string of the molecule is CC=C1C2C=CC(C2)C12CCC(C)C2. The normalized spacial score (nSPS) is 52.7. The summed E-state index contributed by atoms with van der Waals surface area (Å²) in [5.41, 5.74) is 2.41. The van der Waals surface area contributed by atoms with Crippen molar-refractivity contribution in [1.29, 1.82) is 0 Å². The summed E-state index contributed by atoms with van der Waals surface area (Å²) in [6.45, 7) is 4.67. The average Bonchev–Trinajstić information content (AvgIpc) is 2.81. The van der Waals surface area contributed by atoms with Crippen LogP contribution in [0.1, 0.15) is 39.5 Å². The zero-order valence-corrected chi connectivity index (χ0v) is 9.29. The summed E-state index contributed by atoms with van der Waals surface area (Å²) in [4.78, 5) is 0. The minimum absolute atomic E-state index is 0.619. The Kier molecular flexibility index (Phi) is 1.72. The fourth-order valence-electron chi connectivity index (χ4n) is 4.35. The van der Waals surface area contributed by atoms with Gasteiger partial charge in [-0.2, -0.15) is 0 Å². The number of hydrogen-bond donors (Lipinski definition) is 0. The lowest BCUT2D eigenvalue weighted by Crippen LogP contribution is -2.24. The molecule has 3 aliphatic carbocycles. The third kappa shape index (κ3) is 0.898. The lowest BCUT2D eigenvalue weighted by atomic mass is 9.70. The van der Waals surface area contributed by atoms with E-state index in [0.29, 0.717) is 5.41 Å². The molecule has 3 aliphatic rings. The predicted molar refractivity (Wildman–Crippen MR) is 59.9 cm³/mol. The van der Waals surface area contributed by atoms with Gasteiger partial charge in [0.05, 0.1) is 0 Å². The van der Waals surface area contributed by atoms with E-state index < -0.39 is 0 Å². The van der Waals surface area contributed by atoms with Crippen molar-refractivity contribution < 1.29 is 0 Å². The second-order valence-corrected chi connectivity index (χ2v) is 5.58. The molecule has 0 nitrogen and oxygen atoms in total. The number of rotatable bonds is 0. The molecule has 4 atom stereocenters. The van der Waals surface area contributed by atoms with Gasteiger partial charge in [-0.15, -0.1) is 0 Å². The zero-order chi connectivity index (χ0) is 9.76. The molecule has 0 saturated heterocycles. The van der Waals surface area contributed by atoms with Crippen LogP contribution >= 0.6 is 0 Å². The molecule has 14 heavy (non-hydrogen) atoms. The monoisotopic (exact) mass is 188 g/mol. The Balaban J connectivity index is 2.03. The fraction of sp³-hybridized carbons (Fsp3) is 0.714. The summed E-state index contributed by atoms with van der Waals surface area (Å²) < 4.78 is 0. The Morgan fingerprint density at radius 1 is 1.43 bits per heavy atom. The molecule has 0 aromatic rings. The van der Waals surface area contributed by atoms with Gasteiger partial charge in [0.25, 0.3) is 0 Å². The van der Waals surface area contributed by atoms with Crippen molar-refractivity contribution in [3.63, 3.8) is 0 Å². The Bertz CT molecular complexity index is 310. The predicted octanol–water partition coefficient (Wildman–Crippen LogP) is 3.95. The molecule has 0 radical (unpaired) electrons. The van der Waals surface area contributed by atoms with Gasteiger partial charge in [0.2, 0.25) is 0 Å². The second kappa shape index (κ2) is 2.74. The fourth-order valence-corrected chi connectivity index (χ4v) is 4.35. The van der Waals surface area contributed by atoms with Crippen LogP contribution in [0.5, 0.6) is 0 Å². The van der Waals surface area contributed by atoms with E-state index in [1.165, 1.54) is 25.7 Å². The zero-order valence-electron chi connectivity index (χ0n) is 9.29. The molecule has 3 rings (SSSR count). The molecule has 0 aromatic carbocycles. The van der Waals surface area contributed by atoms with Crippen molar-refractivity contribution in [2.24, 2.45) is 23.2 Å². The van der Waals surface area contributed by atoms with Gasteiger partial charge in [0.15, 0.2) is 0 Å². The average molecular weight is 188 g/mol. The molecule has 2 fully saturated rings. The molecule has 0 heterocycles. The van der Waals surface area contributed by atoms with Gasteiger partial charge in [-0.3, -0.25) is 0 Å². The number of hydrogen-bond acceptors (Lipinski definition) is 0. The third-order valence-electron chi connectivity index (χ3n) is 4.87. The minimum Gasteiger partial charge on any atom is -0.0873 e. The van der Waals surface area contributed by atoms with Crippen molar-refractivity contribution in [2.75, 3.05) is 0 Å². The van der Waals surface area contributed by atoms with Crippen molar-refractivity contribution in [3.8, 4) is 0 Å². The highest BCUT2D eigenvalue weighted by molar-refractivity contribution is 5.36. The van der Waals surface area contributed by atoms with Crippen LogP contribution in [-0.4, -0.2) is 0 Å². The summed E-state index contributed by atoms with van der Waals surface area (Å²) in [7, 11) is 0. The van der Waals surface area contributed by atoms with Gasteiger partial charge in [-0.05, 0) is 55.8 Å². The largest absolute Gasteiger partial charge is 0.0873 e. The molecule has 4 unspecified atom stereocenters. The summed E-state index contributed by atoms with van der Waals surface area (Å²) in [5.74, 6) is 2.66. The van der Waals surface area contributed by atoms with Gasteiger partial charge >= 0.3 is 0 Å². The van der Waals surface area contributed by atoms with Crippen LogP contribution in [0.2, 0.25) is 0 Å². The Hall–Kier alpha value is -0.520. The molecule has 0 heteroatoms. The molecule has 0 amide bonds. The third-order valence-corrected chi connectivity index (χ3v) is 4.87. The standard InChI is InChI=1S/C14H20/c1-3-13-11-4-5-12(8-11)14(13)7-6-10(2)9-14/h3-5,10-12H,6-9H2,1-2H3. The van der Waals surface area contributed by atoms with Gasteiger partial charge in [0.1, 0.15) is 0 Å².